The Labute approximate surface area is 114 Å². The maximum Gasteiger partial charge on any atom is 0.269 e. The van der Waals surface area contributed by atoms with Gasteiger partial charge in [-0.1, -0.05) is 24.3 Å². The van der Waals surface area contributed by atoms with Gasteiger partial charge in [0.05, 0.1) is 10.5 Å². The van der Waals surface area contributed by atoms with Crippen LogP contribution in [-0.4, -0.2) is 10.8 Å². The van der Waals surface area contributed by atoms with Crippen molar-refractivity contribution in [1.29, 1.82) is 0 Å². The Kier molecular flexibility index (Phi) is 2.83. The molecule has 3 rings (SSSR count). The maximum absolute atomic E-state index is 12.0. The van der Waals surface area contributed by atoms with E-state index >= 15 is 0 Å². The molecule has 2 aromatic rings. The molecule has 1 amide bonds. The van der Waals surface area contributed by atoms with Crippen LogP contribution in [0.3, 0.4) is 0 Å². The third-order valence-corrected chi connectivity index (χ3v) is 3.02. The average molecular weight is 270 g/mol. The molecule has 1 aliphatic rings. The Morgan fingerprint density at radius 2 is 1.95 bits per heavy atom. The minimum absolute atomic E-state index is 0.0424. The normalized spacial score (nSPS) is 16.8. The number of fused-ring (bicyclic) bond motifs is 1. The van der Waals surface area contributed by atoms with Crippen molar-refractivity contribution in [3.63, 3.8) is 0 Å². The lowest BCUT2D eigenvalue weighted by Gasteiger charge is -2.26. The predicted octanol–water partition coefficient (Wildman–Crippen LogP) is 2.42. The van der Waals surface area contributed by atoms with Gasteiger partial charge in [0.2, 0.25) is 0 Å². The molecule has 0 bridgehead atoms. The molecule has 1 atom stereocenters. The summed E-state index contributed by atoms with van der Waals surface area (Å²) in [5.74, 6) is 0.205. The van der Waals surface area contributed by atoms with E-state index in [1.54, 1.807) is 36.4 Å². The van der Waals surface area contributed by atoms with E-state index in [0.29, 0.717) is 16.9 Å². The topological polar surface area (TPSA) is 81.5 Å². The number of benzene rings is 2. The number of ether oxygens (including phenoxy) is 1. The van der Waals surface area contributed by atoms with Gasteiger partial charge in [-0.25, -0.2) is 0 Å². The van der Waals surface area contributed by atoms with Crippen LogP contribution in [0, 0.1) is 10.1 Å². The van der Waals surface area contributed by atoms with Gasteiger partial charge >= 0.3 is 0 Å². The van der Waals surface area contributed by atoms with Crippen molar-refractivity contribution in [2.24, 2.45) is 0 Å². The summed E-state index contributed by atoms with van der Waals surface area (Å²) in [6.45, 7) is 0. The summed E-state index contributed by atoms with van der Waals surface area (Å²) < 4.78 is 5.67. The summed E-state index contributed by atoms with van der Waals surface area (Å²) >= 11 is 0. The first-order chi connectivity index (χ1) is 9.65. The lowest BCUT2D eigenvalue weighted by Crippen LogP contribution is -2.36. The van der Waals surface area contributed by atoms with E-state index in [9.17, 15) is 14.9 Å². The number of nitrogens with zero attached hydrogens (tertiary/aromatic N) is 1. The van der Waals surface area contributed by atoms with Crippen LogP contribution < -0.4 is 10.1 Å². The first-order valence-electron chi connectivity index (χ1n) is 5.96. The second-order valence-corrected chi connectivity index (χ2v) is 4.32. The van der Waals surface area contributed by atoms with Crippen molar-refractivity contribution in [3.05, 3.63) is 69.8 Å². The van der Waals surface area contributed by atoms with Crippen molar-refractivity contribution in [1.82, 2.24) is 5.32 Å². The highest BCUT2D eigenvalue weighted by molar-refractivity contribution is 5.97. The van der Waals surface area contributed by atoms with Crippen molar-refractivity contribution < 1.29 is 14.5 Å². The summed E-state index contributed by atoms with van der Waals surface area (Å²) in [5, 5.41) is 13.4. The van der Waals surface area contributed by atoms with Crippen LogP contribution >= 0.6 is 0 Å². The molecule has 1 N–H and O–H groups in total. The Morgan fingerprint density at radius 3 is 2.75 bits per heavy atom. The molecule has 1 aliphatic heterocycles. The summed E-state index contributed by atoms with van der Waals surface area (Å²) in [5.41, 5.74) is 0.940. The number of nitro benzene ring substituents is 1. The van der Waals surface area contributed by atoms with Crippen molar-refractivity contribution in [3.8, 4) is 5.75 Å². The number of rotatable bonds is 2. The number of amides is 1. The molecule has 6 nitrogen and oxygen atoms in total. The first kappa shape index (κ1) is 12.2. The first-order valence-corrected chi connectivity index (χ1v) is 5.96. The van der Waals surface area contributed by atoms with Gasteiger partial charge in [0.15, 0.2) is 6.23 Å². The average Bonchev–Trinajstić information content (AvgIpc) is 2.47. The number of non-ortho nitro benzene ring substituents is 1. The molecular weight excluding hydrogens is 260 g/mol. The van der Waals surface area contributed by atoms with E-state index < -0.39 is 11.2 Å². The fourth-order valence-corrected chi connectivity index (χ4v) is 2.06. The van der Waals surface area contributed by atoms with Crippen LogP contribution in [0.2, 0.25) is 0 Å². The SMILES string of the molecule is O=C1N[C@@H](c2cccc([N+](=O)[O-])c2)Oc2ccccc21. The minimum Gasteiger partial charge on any atom is -0.466 e. The largest absolute Gasteiger partial charge is 0.466 e. The molecule has 100 valence electrons. The van der Waals surface area contributed by atoms with Crippen molar-refractivity contribution >= 4 is 11.6 Å². The second-order valence-electron chi connectivity index (χ2n) is 4.32. The van der Waals surface area contributed by atoms with Crippen molar-refractivity contribution in [2.75, 3.05) is 0 Å². The molecule has 6 heteroatoms. The van der Waals surface area contributed by atoms with Crippen LogP contribution in [-0.2, 0) is 0 Å². The number of carbonyl (C=O) groups excluding carboxylic acids is 1. The van der Waals surface area contributed by atoms with E-state index in [0.717, 1.165) is 0 Å². The third-order valence-electron chi connectivity index (χ3n) is 3.02. The number of nitrogens with one attached hydrogen (secondary N) is 1. The van der Waals surface area contributed by atoms with Crippen LogP contribution in [0.25, 0.3) is 0 Å². The van der Waals surface area contributed by atoms with Gasteiger partial charge in [-0.3, -0.25) is 14.9 Å². The number of para-hydroxylation sites is 1. The van der Waals surface area contributed by atoms with E-state index in [4.69, 9.17) is 4.74 Å². The summed E-state index contributed by atoms with van der Waals surface area (Å²) in [4.78, 5) is 22.3. The van der Waals surface area contributed by atoms with Gasteiger partial charge in [0.25, 0.3) is 11.6 Å². The Hall–Kier alpha value is -2.89. The second kappa shape index (κ2) is 4.65. The van der Waals surface area contributed by atoms with E-state index in [1.807, 2.05) is 0 Å². The highest BCUT2D eigenvalue weighted by Gasteiger charge is 2.26. The van der Waals surface area contributed by atoms with Crippen LogP contribution in [0.4, 0.5) is 5.69 Å². The summed E-state index contributed by atoms with van der Waals surface area (Å²) in [6.07, 6.45) is -0.725. The molecular formula is C14H10N2O4. The van der Waals surface area contributed by atoms with Gasteiger partial charge in [-0.15, -0.1) is 0 Å². The minimum atomic E-state index is -0.725. The van der Waals surface area contributed by atoms with E-state index in [2.05, 4.69) is 5.32 Å². The van der Waals surface area contributed by atoms with Crippen molar-refractivity contribution in [2.45, 2.75) is 6.23 Å². The molecule has 0 fully saturated rings. The molecule has 20 heavy (non-hydrogen) atoms. The molecule has 0 saturated heterocycles. The molecule has 0 aromatic heterocycles. The molecule has 2 aromatic carbocycles. The molecule has 0 unspecified atom stereocenters. The standard InChI is InChI=1S/C14H10N2O4/c17-13-11-6-1-2-7-12(11)20-14(15-13)9-4-3-5-10(8-9)16(18)19/h1-8,14H,(H,15,17)/t14-/m1/s1. The molecule has 1 heterocycles. The number of carbonyl (C=O) groups is 1. The Balaban J connectivity index is 1.95. The van der Waals surface area contributed by atoms with E-state index in [1.165, 1.54) is 12.1 Å². The molecule has 0 aliphatic carbocycles. The fourth-order valence-electron chi connectivity index (χ4n) is 2.06. The highest BCUT2D eigenvalue weighted by atomic mass is 16.6. The number of hydrogen-bond donors (Lipinski definition) is 1. The monoisotopic (exact) mass is 270 g/mol. The van der Waals surface area contributed by atoms with Crippen LogP contribution in [0.5, 0.6) is 5.75 Å². The molecule has 0 spiro atoms. The van der Waals surface area contributed by atoms with Gasteiger partial charge in [-0.05, 0) is 12.1 Å². The molecule has 0 radical (unpaired) electrons. The van der Waals surface area contributed by atoms with Crippen LogP contribution in [0.15, 0.2) is 48.5 Å². The van der Waals surface area contributed by atoms with Gasteiger partial charge in [-0.2, -0.15) is 0 Å². The number of nitro groups is 1. The van der Waals surface area contributed by atoms with Gasteiger partial charge in [0, 0.05) is 17.7 Å². The summed E-state index contributed by atoms with van der Waals surface area (Å²) in [7, 11) is 0. The third kappa shape index (κ3) is 2.07. The zero-order valence-corrected chi connectivity index (χ0v) is 10.3. The quantitative estimate of drug-likeness (QED) is 0.671. The highest BCUT2D eigenvalue weighted by Crippen LogP contribution is 2.29. The smallest absolute Gasteiger partial charge is 0.269 e. The molecule has 0 saturated carbocycles. The Morgan fingerprint density at radius 1 is 1.15 bits per heavy atom. The zero-order valence-electron chi connectivity index (χ0n) is 10.3. The predicted molar refractivity (Wildman–Crippen MR) is 70.4 cm³/mol. The fraction of sp³-hybridized carbons (Fsp3) is 0.0714. The van der Waals surface area contributed by atoms with Gasteiger partial charge < -0.3 is 10.1 Å². The van der Waals surface area contributed by atoms with Crippen LogP contribution in [0.1, 0.15) is 22.1 Å². The number of hydrogen-bond acceptors (Lipinski definition) is 4. The lowest BCUT2D eigenvalue weighted by atomic mass is 10.1. The van der Waals surface area contributed by atoms with E-state index in [-0.39, 0.29) is 11.6 Å². The van der Waals surface area contributed by atoms with Gasteiger partial charge in [0.1, 0.15) is 5.75 Å². The zero-order chi connectivity index (χ0) is 14.1. The Bertz CT molecular complexity index is 699. The summed E-state index contributed by atoms with van der Waals surface area (Å²) in [6, 6.07) is 12.9. The maximum atomic E-state index is 12.0. The lowest BCUT2D eigenvalue weighted by molar-refractivity contribution is -0.385.